The van der Waals surface area contributed by atoms with Gasteiger partial charge in [-0.3, -0.25) is 4.79 Å². The number of carbonyl (C=O) groups is 1. The summed E-state index contributed by atoms with van der Waals surface area (Å²) < 4.78 is 17.7. The highest BCUT2D eigenvalue weighted by molar-refractivity contribution is 6.00. The van der Waals surface area contributed by atoms with Crippen molar-refractivity contribution < 1.29 is 19.0 Å². The number of phenolic OH excluding ortho intramolecular Hbond substituents is 1. The molecule has 1 rings (SSSR count). The summed E-state index contributed by atoms with van der Waals surface area (Å²) in [5.74, 6) is -1.85. The second-order valence-corrected chi connectivity index (χ2v) is 2.93. The first-order valence-electron chi connectivity index (χ1n) is 4.35. The van der Waals surface area contributed by atoms with Crippen LogP contribution in [0, 0.1) is 5.82 Å². The molecule has 0 aliphatic carbocycles. The van der Waals surface area contributed by atoms with Crippen LogP contribution in [-0.2, 0) is 0 Å². The van der Waals surface area contributed by atoms with E-state index in [2.05, 4.69) is 5.32 Å². The van der Waals surface area contributed by atoms with E-state index in [4.69, 9.17) is 4.74 Å². The minimum absolute atomic E-state index is 0.0986. The number of likely N-dealkylation sites (N-methyl/N-ethyl adjacent to an activating group) is 1. The van der Waals surface area contributed by atoms with Gasteiger partial charge in [0.2, 0.25) is 0 Å². The van der Waals surface area contributed by atoms with Gasteiger partial charge in [0, 0.05) is 0 Å². The van der Waals surface area contributed by atoms with Crippen LogP contribution >= 0.6 is 0 Å². The molecule has 0 saturated heterocycles. The Morgan fingerprint density at radius 3 is 2.80 bits per heavy atom. The number of carbonyl (C=O) groups excluding carboxylic acids is 1. The molecular formula is C10H12FNO3. The summed E-state index contributed by atoms with van der Waals surface area (Å²) in [6.45, 7) is 0.0986. The first-order valence-corrected chi connectivity index (χ1v) is 4.35. The summed E-state index contributed by atoms with van der Waals surface area (Å²) in [6.07, 6.45) is 0. The number of ketones is 1. The van der Waals surface area contributed by atoms with Gasteiger partial charge in [0.05, 0.1) is 19.2 Å². The fourth-order valence-electron chi connectivity index (χ4n) is 1.23. The van der Waals surface area contributed by atoms with Gasteiger partial charge in [-0.15, -0.1) is 0 Å². The van der Waals surface area contributed by atoms with Gasteiger partial charge >= 0.3 is 0 Å². The number of rotatable bonds is 4. The number of benzene rings is 1. The Morgan fingerprint density at radius 2 is 2.27 bits per heavy atom. The number of halogens is 1. The quantitative estimate of drug-likeness (QED) is 0.731. The minimum atomic E-state index is -0.812. The molecule has 0 saturated carbocycles. The van der Waals surface area contributed by atoms with Gasteiger partial charge in [0.25, 0.3) is 0 Å². The van der Waals surface area contributed by atoms with Crippen LogP contribution in [0.4, 0.5) is 4.39 Å². The first kappa shape index (κ1) is 11.5. The molecule has 4 nitrogen and oxygen atoms in total. The van der Waals surface area contributed by atoms with Gasteiger partial charge < -0.3 is 15.2 Å². The van der Waals surface area contributed by atoms with Crippen molar-refractivity contribution in [2.75, 3.05) is 20.7 Å². The highest BCUT2D eigenvalue weighted by atomic mass is 19.1. The fraction of sp³-hybridized carbons (Fsp3) is 0.300. The summed E-state index contributed by atoms with van der Waals surface area (Å²) in [5, 5.41) is 12.0. The Hall–Kier alpha value is -1.62. The third-order valence-corrected chi connectivity index (χ3v) is 1.92. The van der Waals surface area contributed by atoms with E-state index in [1.165, 1.54) is 13.2 Å². The molecule has 0 amide bonds. The molecule has 5 heteroatoms. The topological polar surface area (TPSA) is 58.6 Å². The Bertz CT molecular complexity index is 379. The normalized spacial score (nSPS) is 10.1. The maximum Gasteiger partial charge on any atom is 0.195 e. The maximum absolute atomic E-state index is 12.9. The van der Waals surface area contributed by atoms with E-state index in [1.807, 2.05) is 0 Å². The van der Waals surface area contributed by atoms with Crippen molar-refractivity contribution in [1.29, 1.82) is 0 Å². The molecule has 82 valence electrons. The van der Waals surface area contributed by atoms with E-state index >= 15 is 0 Å². The Labute approximate surface area is 86.7 Å². The predicted octanol–water partition coefficient (Wildman–Crippen LogP) is 0.942. The van der Waals surface area contributed by atoms with Crippen molar-refractivity contribution in [2.24, 2.45) is 0 Å². The number of hydrogen-bond donors (Lipinski definition) is 2. The molecule has 0 aliphatic heterocycles. The van der Waals surface area contributed by atoms with Gasteiger partial charge in [0.1, 0.15) is 0 Å². The average molecular weight is 213 g/mol. The molecule has 2 N–H and O–H groups in total. The van der Waals surface area contributed by atoms with Gasteiger partial charge in [-0.1, -0.05) is 0 Å². The minimum Gasteiger partial charge on any atom is -0.502 e. The summed E-state index contributed by atoms with van der Waals surface area (Å²) in [6, 6.07) is 2.31. The van der Waals surface area contributed by atoms with E-state index < -0.39 is 11.6 Å². The molecule has 0 heterocycles. The molecule has 0 spiro atoms. The lowest BCUT2D eigenvalue weighted by Crippen LogP contribution is -2.19. The third kappa shape index (κ3) is 2.24. The number of ether oxygens (including phenoxy) is 1. The predicted molar refractivity (Wildman–Crippen MR) is 52.9 cm³/mol. The van der Waals surface area contributed by atoms with Crippen LogP contribution in [0.3, 0.4) is 0 Å². The van der Waals surface area contributed by atoms with E-state index in [0.29, 0.717) is 0 Å². The molecule has 0 atom stereocenters. The molecule has 15 heavy (non-hydrogen) atoms. The Morgan fingerprint density at radius 1 is 1.60 bits per heavy atom. The van der Waals surface area contributed by atoms with Crippen molar-refractivity contribution in [3.05, 3.63) is 23.5 Å². The largest absolute Gasteiger partial charge is 0.502 e. The van der Waals surface area contributed by atoms with Crippen LogP contribution in [0.2, 0.25) is 0 Å². The van der Waals surface area contributed by atoms with Crippen LogP contribution < -0.4 is 10.1 Å². The summed E-state index contributed by atoms with van der Waals surface area (Å²) >= 11 is 0. The standard InChI is InChI=1S/C10H12FNO3/c1-12-5-8(13)6-3-4-7(11)9(14)10(6)15-2/h3-4,12,14H,5H2,1-2H3. The fourth-order valence-corrected chi connectivity index (χ4v) is 1.23. The number of methoxy groups -OCH3 is 1. The van der Waals surface area contributed by atoms with Crippen LogP contribution in [0.1, 0.15) is 10.4 Å². The molecule has 0 bridgehead atoms. The zero-order valence-electron chi connectivity index (χ0n) is 8.50. The number of Topliss-reactive ketones (excluding diaryl/α,β-unsaturated/α-hetero) is 1. The summed E-state index contributed by atoms with van der Waals surface area (Å²) in [7, 11) is 2.89. The van der Waals surface area contributed by atoms with Crippen molar-refractivity contribution >= 4 is 5.78 Å². The molecule has 0 unspecified atom stereocenters. The number of hydrogen-bond acceptors (Lipinski definition) is 4. The van der Waals surface area contributed by atoms with Crippen LogP contribution in [-0.4, -0.2) is 31.6 Å². The van der Waals surface area contributed by atoms with Crippen molar-refractivity contribution in [3.63, 3.8) is 0 Å². The lowest BCUT2D eigenvalue weighted by molar-refractivity contribution is 0.0990. The van der Waals surface area contributed by atoms with E-state index in [-0.39, 0.29) is 23.6 Å². The van der Waals surface area contributed by atoms with Crippen molar-refractivity contribution in [2.45, 2.75) is 0 Å². The molecule has 1 aromatic carbocycles. The lowest BCUT2D eigenvalue weighted by Gasteiger charge is -2.09. The Kier molecular flexibility index (Phi) is 3.62. The molecular weight excluding hydrogens is 201 g/mol. The SMILES string of the molecule is CNCC(=O)c1ccc(F)c(O)c1OC. The number of aromatic hydroxyl groups is 1. The van der Waals surface area contributed by atoms with E-state index in [9.17, 15) is 14.3 Å². The molecule has 0 aromatic heterocycles. The van der Waals surface area contributed by atoms with Crippen LogP contribution in [0.5, 0.6) is 11.5 Å². The molecule has 0 fully saturated rings. The van der Waals surface area contributed by atoms with Crippen LogP contribution in [0.15, 0.2) is 12.1 Å². The maximum atomic E-state index is 12.9. The summed E-state index contributed by atoms with van der Waals surface area (Å²) in [4.78, 5) is 11.5. The van der Waals surface area contributed by atoms with Gasteiger partial charge in [-0.05, 0) is 19.2 Å². The monoisotopic (exact) mass is 213 g/mol. The van der Waals surface area contributed by atoms with E-state index in [0.717, 1.165) is 6.07 Å². The Balaban J connectivity index is 3.18. The smallest absolute Gasteiger partial charge is 0.195 e. The van der Waals surface area contributed by atoms with Gasteiger partial charge in [-0.25, -0.2) is 4.39 Å². The average Bonchev–Trinajstić information content (AvgIpc) is 2.22. The number of nitrogens with one attached hydrogen (secondary N) is 1. The zero-order valence-corrected chi connectivity index (χ0v) is 8.50. The number of phenols is 1. The second kappa shape index (κ2) is 4.75. The molecule has 0 aliphatic rings. The molecule has 0 radical (unpaired) electrons. The van der Waals surface area contributed by atoms with Crippen LogP contribution in [0.25, 0.3) is 0 Å². The summed E-state index contributed by atoms with van der Waals surface area (Å²) in [5.41, 5.74) is 0.158. The first-order chi connectivity index (χ1) is 7.11. The lowest BCUT2D eigenvalue weighted by atomic mass is 10.1. The highest BCUT2D eigenvalue weighted by Crippen LogP contribution is 2.32. The zero-order chi connectivity index (χ0) is 11.4. The van der Waals surface area contributed by atoms with E-state index in [1.54, 1.807) is 7.05 Å². The van der Waals surface area contributed by atoms with Crippen molar-refractivity contribution in [3.8, 4) is 11.5 Å². The highest BCUT2D eigenvalue weighted by Gasteiger charge is 2.17. The van der Waals surface area contributed by atoms with Crippen molar-refractivity contribution in [1.82, 2.24) is 5.32 Å². The van der Waals surface area contributed by atoms with Gasteiger partial charge in [-0.2, -0.15) is 0 Å². The second-order valence-electron chi connectivity index (χ2n) is 2.93. The van der Waals surface area contributed by atoms with Gasteiger partial charge in [0.15, 0.2) is 23.1 Å². The molecule has 1 aromatic rings. The third-order valence-electron chi connectivity index (χ3n) is 1.92.